The Bertz CT molecular complexity index is 331. The SMILES string of the molecule is COCCCN(C)Cc1cc(F)ccc1O. The lowest BCUT2D eigenvalue weighted by molar-refractivity contribution is 0.178. The van der Waals surface area contributed by atoms with E-state index in [-0.39, 0.29) is 11.6 Å². The van der Waals surface area contributed by atoms with E-state index in [0.29, 0.717) is 18.7 Å². The number of benzene rings is 1. The van der Waals surface area contributed by atoms with Crippen molar-refractivity contribution in [2.75, 3.05) is 27.3 Å². The first-order chi connectivity index (χ1) is 7.63. The van der Waals surface area contributed by atoms with Crippen LogP contribution in [0.4, 0.5) is 4.39 Å². The second kappa shape index (κ2) is 6.45. The van der Waals surface area contributed by atoms with Gasteiger partial charge in [-0.1, -0.05) is 0 Å². The molecule has 1 aromatic rings. The van der Waals surface area contributed by atoms with Gasteiger partial charge in [-0.25, -0.2) is 4.39 Å². The predicted molar refractivity (Wildman–Crippen MR) is 60.9 cm³/mol. The van der Waals surface area contributed by atoms with E-state index in [0.717, 1.165) is 13.0 Å². The normalized spacial score (nSPS) is 11.0. The number of hydrogen-bond donors (Lipinski definition) is 1. The molecule has 0 atom stereocenters. The van der Waals surface area contributed by atoms with Gasteiger partial charge in [-0.2, -0.15) is 0 Å². The van der Waals surface area contributed by atoms with Gasteiger partial charge in [0.25, 0.3) is 0 Å². The second-order valence-corrected chi connectivity index (χ2v) is 3.86. The lowest BCUT2D eigenvalue weighted by Crippen LogP contribution is -2.20. The van der Waals surface area contributed by atoms with Gasteiger partial charge >= 0.3 is 0 Å². The maximum Gasteiger partial charge on any atom is 0.123 e. The first kappa shape index (κ1) is 12.9. The van der Waals surface area contributed by atoms with Crippen LogP contribution in [0.2, 0.25) is 0 Å². The van der Waals surface area contributed by atoms with Crippen LogP contribution in [0.5, 0.6) is 5.75 Å². The van der Waals surface area contributed by atoms with Crippen molar-refractivity contribution in [3.05, 3.63) is 29.6 Å². The molecular weight excluding hydrogens is 209 g/mol. The fourth-order valence-electron chi connectivity index (χ4n) is 1.53. The van der Waals surface area contributed by atoms with Crippen molar-refractivity contribution < 1.29 is 14.2 Å². The highest BCUT2D eigenvalue weighted by Crippen LogP contribution is 2.19. The summed E-state index contributed by atoms with van der Waals surface area (Å²) in [6.07, 6.45) is 0.920. The fraction of sp³-hybridized carbons (Fsp3) is 0.500. The maximum atomic E-state index is 13.0. The molecule has 0 spiro atoms. The Morgan fingerprint density at radius 2 is 2.19 bits per heavy atom. The Morgan fingerprint density at radius 1 is 1.44 bits per heavy atom. The largest absolute Gasteiger partial charge is 0.508 e. The molecule has 16 heavy (non-hydrogen) atoms. The molecule has 1 rings (SSSR count). The molecule has 0 bridgehead atoms. The summed E-state index contributed by atoms with van der Waals surface area (Å²) in [4.78, 5) is 2.02. The number of nitrogens with zero attached hydrogens (tertiary/aromatic N) is 1. The number of rotatable bonds is 6. The molecule has 0 aromatic heterocycles. The van der Waals surface area contributed by atoms with Crippen molar-refractivity contribution in [3.8, 4) is 5.75 Å². The number of phenolic OH excluding ortho intramolecular Hbond substituents is 1. The zero-order valence-electron chi connectivity index (χ0n) is 9.74. The summed E-state index contributed by atoms with van der Waals surface area (Å²) >= 11 is 0. The standard InChI is InChI=1S/C12H18FNO2/c1-14(6-3-7-16-2)9-10-8-11(13)4-5-12(10)15/h4-5,8,15H,3,6-7,9H2,1-2H3. The Labute approximate surface area is 95.5 Å². The number of methoxy groups -OCH3 is 1. The molecule has 0 aliphatic rings. The van der Waals surface area contributed by atoms with E-state index in [1.165, 1.54) is 18.2 Å². The number of ether oxygens (including phenoxy) is 1. The lowest BCUT2D eigenvalue weighted by Gasteiger charge is -2.17. The van der Waals surface area contributed by atoms with Crippen LogP contribution in [0.25, 0.3) is 0 Å². The molecule has 0 heterocycles. The summed E-state index contributed by atoms with van der Waals surface area (Å²) in [7, 11) is 3.60. The van der Waals surface area contributed by atoms with E-state index < -0.39 is 0 Å². The Hall–Kier alpha value is -1.13. The van der Waals surface area contributed by atoms with E-state index in [1.54, 1.807) is 7.11 Å². The number of halogens is 1. The minimum Gasteiger partial charge on any atom is -0.508 e. The molecule has 0 amide bonds. The van der Waals surface area contributed by atoms with Gasteiger partial charge in [0.15, 0.2) is 0 Å². The minimum absolute atomic E-state index is 0.139. The highest BCUT2D eigenvalue weighted by atomic mass is 19.1. The molecule has 0 aliphatic carbocycles. The van der Waals surface area contributed by atoms with Crippen LogP contribution in [0, 0.1) is 5.82 Å². The summed E-state index contributed by atoms with van der Waals surface area (Å²) in [5.41, 5.74) is 0.611. The van der Waals surface area contributed by atoms with Crippen LogP contribution in [0.1, 0.15) is 12.0 Å². The summed E-state index contributed by atoms with van der Waals surface area (Å²) < 4.78 is 17.9. The lowest BCUT2D eigenvalue weighted by atomic mass is 10.2. The summed E-state index contributed by atoms with van der Waals surface area (Å²) in [5, 5.41) is 9.54. The third kappa shape index (κ3) is 4.16. The summed E-state index contributed by atoms with van der Waals surface area (Å²) in [5.74, 6) is -0.182. The van der Waals surface area contributed by atoms with E-state index in [9.17, 15) is 9.50 Å². The first-order valence-electron chi connectivity index (χ1n) is 5.28. The molecule has 0 saturated carbocycles. The van der Waals surface area contributed by atoms with E-state index in [2.05, 4.69) is 0 Å². The van der Waals surface area contributed by atoms with Crippen molar-refractivity contribution in [1.82, 2.24) is 4.90 Å². The van der Waals surface area contributed by atoms with E-state index in [1.807, 2.05) is 11.9 Å². The summed E-state index contributed by atoms with van der Waals surface area (Å²) in [6, 6.07) is 4.00. The Kier molecular flexibility index (Phi) is 5.22. The van der Waals surface area contributed by atoms with Gasteiger partial charge in [-0.3, -0.25) is 0 Å². The van der Waals surface area contributed by atoms with E-state index in [4.69, 9.17) is 4.74 Å². The number of aromatic hydroxyl groups is 1. The topological polar surface area (TPSA) is 32.7 Å². The van der Waals surface area contributed by atoms with Crippen molar-refractivity contribution >= 4 is 0 Å². The molecule has 0 fully saturated rings. The number of phenols is 1. The van der Waals surface area contributed by atoms with Crippen molar-refractivity contribution in [2.24, 2.45) is 0 Å². The average molecular weight is 227 g/mol. The predicted octanol–water partition coefficient (Wildman–Crippen LogP) is 2.00. The summed E-state index contributed by atoms with van der Waals surface area (Å²) in [6.45, 7) is 2.09. The van der Waals surface area contributed by atoms with Crippen molar-refractivity contribution in [1.29, 1.82) is 0 Å². The number of hydrogen-bond acceptors (Lipinski definition) is 3. The molecule has 4 heteroatoms. The third-order valence-corrected chi connectivity index (χ3v) is 2.37. The molecule has 0 radical (unpaired) electrons. The Balaban J connectivity index is 2.48. The zero-order valence-corrected chi connectivity index (χ0v) is 9.74. The maximum absolute atomic E-state index is 13.0. The van der Waals surface area contributed by atoms with Crippen LogP contribution in [0.3, 0.4) is 0 Å². The highest BCUT2D eigenvalue weighted by Gasteiger charge is 2.06. The fourth-order valence-corrected chi connectivity index (χ4v) is 1.53. The monoisotopic (exact) mass is 227 g/mol. The molecule has 0 saturated heterocycles. The van der Waals surface area contributed by atoms with Gasteiger partial charge in [0.1, 0.15) is 11.6 Å². The van der Waals surface area contributed by atoms with Crippen LogP contribution < -0.4 is 0 Å². The molecule has 90 valence electrons. The minimum atomic E-state index is -0.321. The molecule has 0 aliphatic heterocycles. The van der Waals surface area contributed by atoms with Gasteiger partial charge in [-0.15, -0.1) is 0 Å². The van der Waals surface area contributed by atoms with Crippen LogP contribution in [-0.4, -0.2) is 37.3 Å². The highest BCUT2D eigenvalue weighted by molar-refractivity contribution is 5.32. The van der Waals surface area contributed by atoms with Crippen molar-refractivity contribution in [3.63, 3.8) is 0 Å². The van der Waals surface area contributed by atoms with Crippen LogP contribution in [0.15, 0.2) is 18.2 Å². The van der Waals surface area contributed by atoms with Gasteiger partial charge in [0.05, 0.1) is 0 Å². The van der Waals surface area contributed by atoms with Gasteiger partial charge in [0.2, 0.25) is 0 Å². The molecule has 1 N–H and O–H groups in total. The van der Waals surface area contributed by atoms with Gasteiger partial charge < -0.3 is 14.7 Å². The average Bonchev–Trinajstić information content (AvgIpc) is 2.24. The molecule has 3 nitrogen and oxygen atoms in total. The van der Waals surface area contributed by atoms with Crippen LogP contribution >= 0.6 is 0 Å². The molecular formula is C12H18FNO2. The molecule has 1 aromatic carbocycles. The zero-order chi connectivity index (χ0) is 12.0. The van der Waals surface area contributed by atoms with Crippen molar-refractivity contribution in [2.45, 2.75) is 13.0 Å². The first-order valence-corrected chi connectivity index (χ1v) is 5.28. The quantitative estimate of drug-likeness (QED) is 0.754. The third-order valence-electron chi connectivity index (χ3n) is 2.37. The van der Waals surface area contributed by atoms with Gasteiger partial charge in [-0.05, 0) is 31.7 Å². The van der Waals surface area contributed by atoms with Gasteiger partial charge in [0, 0.05) is 32.4 Å². The van der Waals surface area contributed by atoms with Crippen LogP contribution in [-0.2, 0) is 11.3 Å². The van der Waals surface area contributed by atoms with E-state index >= 15 is 0 Å². The second-order valence-electron chi connectivity index (χ2n) is 3.86. The molecule has 0 unspecified atom stereocenters. The smallest absolute Gasteiger partial charge is 0.123 e. The Morgan fingerprint density at radius 3 is 2.88 bits per heavy atom.